The molecule has 0 saturated heterocycles. The zero-order valence-electron chi connectivity index (χ0n) is 12.6. The summed E-state index contributed by atoms with van der Waals surface area (Å²) in [6, 6.07) is 2.84. The first-order chi connectivity index (χ1) is 10.9. The smallest absolute Gasteiger partial charge is 0.326 e. The molecule has 0 aromatic heterocycles. The number of carbonyl (C=O) groups excluding carboxylic acids is 2. The Morgan fingerprint density at radius 3 is 2.70 bits per heavy atom. The first-order valence-corrected chi connectivity index (χ1v) is 7.52. The van der Waals surface area contributed by atoms with Crippen molar-refractivity contribution >= 4 is 23.5 Å². The summed E-state index contributed by atoms with van der Waals surface area (Å²) in [5.41, 5.74) is 0.803. The van der Waals surface area contributed by atoms with E-state index in [4.69, 9.17) is 0 Å². The van der Waals surface area contributed by atoms with Crippen LogP contribution in [-0.4, -0.2) is 39.9 Å². The van der Waals surface area contributed by atoms with Gasteiger partial charge in [-0.1, -0.05) is 6.07 Å². The Labute approximate surface area is 132 Å². The fraction of sp³-hybridized carbons (Fsp3) is 0.438. The fourth-order valence-electron chi connectivity index (χ4n) is 3.00. The number of halogens is 1. The molecule has 23 heavy (non-hydrogen) atoms. The van der Waals surface area contributed by atoms with Gasteiger partial charge in [-0.3, -0.25) is 9.59 Å². The highest BCUT2D eigenvalue weighted by atomic mass is 19.1. The number of benzene rings is 1. The van der Waals surface area contributed by atoms with Crippen LogP contribution in [0.3, 0.4) is 0 Å². The molecule has 1 heterocycles. The van der Waals surface area contributed by atoms with E-state index >= 15 is 0 Å². The van der Waals surface area contributed by atoms with Gasteiger partial charge in [-0.2, -0.15) is 0 Å². The van der Waals surface area contributed by atoms with Crippen molar-refractivity contribution in [1.82, 2.24) is 4.90 Å². The van der Waals surface area contributed by atoms with E-state index in [0.717, 1.165) is 12.8 Å². The number of aliphatic carboxylic acids is 1. The molecule has 7 heteroatoms. The number of carboxylic acids is 1. The summed E-state index contributed by atoms with van der Waals surface area (Å²) in [5, 5.41) is 11.8. The molecule has 1 saturated carbocycles. The summed E-state index contributed by atoms with van der Waals surface area (Å²) in [6.45, 7) is 1.47. The van der Waals surface area contributed by atoms with Crippen molar-refractivity contribution in [2.24, 2.45) is 0 Å². The third kappa shape index (κ3) is 2.91. The maximum absolute atomic E-state index is 13.4. The molecule has 2 N–H and O–H groups in total. The molecule has 2 atom stereocenters. The maximum atomic E-state index is 13.4. The highest BCUT2D eigenvalue weighted by molar-refractivity contribution is 6.01. The van der Waals surface area contributed by atoms with E-state index in [-0.39, 0.29) is 30.0 Å². The predicted molar refractivity (Wildman–Crippen MR) is 79.4 cm³/mol. The summed E-state index contributed by atoms with van der Waals surface area (Å²) < 4.78 is 13.4. The second-order valence-electron chi connectivity index (χ2n) is 6.03. The summed E-state index contributed by atoms with van der Waals surface area (Å²) in [5.74, 6) is -3.12. The minimum Gasteiger partial charge on any atom is -0.480 e. The van der Waals surface area contributed by atoms with E-state index in [0.29, 0.717) is 5.56 Å². The highest BCUT2D eigenvalue weighted by Crippen LogP contribution is 2.38. The Kier molecular flexibility index (Phi) is 3.79. The normalized spacial score (nSPS) is 21.1. The van der Waals surface area contributed by atoms with Crippen molar-refractivity contribution in [3.8, 4) is 0 Å². The zero-order valence-corrected chi connectivity index (χ0v) is 12.6. The number of nitrogens with zero attached hydrogens (tertiary/aromatic N) is 1. The number of carboxylic acid groups (broad SMARTS) is 1. The molecule has 2 aliphatic rings. The van der Waals surface area contributed by atoms with Crippen LogP contribution >= 0.6 is 0 Å². The number of rotatable bonds is 4. The Bertz CT molecular complexity index is 687. The summed E-state index contributed by atoms with van der Waals surface area (Å²) in [4.78, 5) is 37.4. The third-order valence-electron chi connectivity index (χ3n) is 4.32. The van der Waals surface area contributed by atoms with Crippen LogP contribution in [-0.2, 0) is 14.4 Å². The van der Waals surface area contributed by atoms with Crippen molar-refractivity contribution in [1.29, 1.82) is 0 Å². The van der Waals surface area contributed by atoms with E-state index in [2.05, 4.69) is 5.32 Å². The van der Waals surface area contributed by atoms with Gasteiger partial charge in [0.25, 0.3) is 0 Å². The molecule has 1 aliphatic heterocycles. The van der Waals surface area contributed by atoms with Gasteiger partial charge < -0.3 is 15.3 Å². The molecule has 0 spiro atoms. The lowest BCUT2D eigenvalue weighted by atomic mass is 9.88. The molecule has 6 nitrogen and oxygen atoms in total. The topological polar surface area (TPSA) is 86.7 Å². The van der Waals surface area contributed by atoms with E-state index < -0.39 is 23.7 Å². The van der Waals surface area contributed by atoms with Crippen LogP contribution in [0.1, 0.15) is 37.7 Å². The van der Waals surface area contributed by atoms with Crippen molar-refractivity contribution in [3.63, 3.8) is 0 Å². The van der Waals surface area contributed by atoms with Gasteiger partial charge >= 0.3 is 5.97 Å². The molecule has 122 valence electrons. The largest absolute Gasteiger partial charge is 0.480 e. The molecule has 1 aromatic carbocycles. The molecule has 0 radical (unpaired) electrons. The lowest BCUT2D eigenvalue weighted by Crippen LogP contribution is -2.48. The second-order valence-corrected chi connectivity index (χ2v) is 6.03. The predicted octanol–water partition coefficient (Wildman–Crippen LogP) is 1.72. The minimum absolute atomic E-state index is 0.0625. The average Bonchev–Trinajstić information content (AvgIpc) is 3.30. The lowest BCUT2D eigenvalue weighted by Gasteiger charge is -2.33. The van der Waals surface area contributed by atoms with Crippen LogP contribution < -0.4 is 5.32 Å². The molecule has 2 amide bonds. The van der Waals surface area contributed by atoms with Crippen molar-refractivity contribution in [2.45, 2.75) is 44.2 Å². The number of hydrogen-bond donors (Lipinski definition) is 2. The SMILES string of the molecule is CC(C(=O)O)N(C(=O)C1CC(=O)Nc2cc(F)ccc21)C1CC1. The summed E-state index contributed by atoms with van der Waals surface area (Å²) >= 11 is 0. The number of hydrogen-bond acceptors (Lipinski definition) is 3. The molecule has 2 unspecified atom stereocenters. The van der Waals surface area contributed by atoms with Gasteiger partial charge in [0, 0.05) is 18.2 Å². The molecule has 1 aliphatic carbocycles. The number of fused-ring (bicyclic) bond motifs is 1. The van der Waals surface area contributed by atoms with E-state index in [1.807, 2.05) is 0 Å². The van der Waals surface area contributed by atoms with Gasteiger partial charge in [0.15, 0.2) is 0 Å². The Morgan fingerprint density at radius 1 is 1.39 bits per heavy atom. The van der Waals surface area contributed by atoms with Crippen LogP contribution in [0.25, 0.3) is 0 Å². The van der Waals surface area contributed by atoms with E-state index in [9.17, 15) is 23.9 Å². The Hall–Kier alpha value is -2.44. The van der Waals surface area contributed by atoms with Gasteiger partial charge in [0.2, 0.25) is 11.8 Å². The van der Waals surface area contributed by atoms with Gasteiger partial charge in [-0.25, -0.2) is 9.18 Å². The molecular weight excluding hydrogens is 303 g/mol. The first-order valence-electron chi connectivity index (χ1n) is 7.52. The van der Waals surface area contributed by atoms with Crippen molar-refractivity contribution in [3.05, 3.63) is 29.6 Å². The zero-order chi connectivity index (χ0) is 16.7. The summed E-state index contributed by atoms with van der Waals surface area (Å²) in [7, 11) is 0. The number of amides is 2. The molecular formula is C16H17FN2O4. The van der Waals surface area contributed by atoms with Gasteiger partial charge in [-0.05, 0) is 37.5 Å². The van der Waals surface area contributed by atoms with Gasteiger partial charge in [-0.15, -0.1) is 0 Å². The van der Waals surface area contributed by atoms with Crippen LogP contribution in [0.15, 0.2) is 18.2 Å². The molecule has 1 fully saturated rings. The van der Waals surface area contributed by atoms with Gasteiger partial charge in [0.05, 0.1) is 5.92 Å². The van der Waals surface area contributed by atoms with Crippen LogP contribution in [0, 0.1) is 5.82 Å². The standard InChI is InChI=1S/C16H17FN2O4/c1-8(16(22)23)19(10-3-4-10)15(21)12-7-14(20)18-13-6-9(17)2-5-11(12)13/h2,5-6,8,10,12H,3-4,7H2,1H3,(H,18,20)(H,22,23). The third-order valence-corrected chi connectivity index (χ3v) is 4.32. The Balaban J connectivity index is 1.95. The number of carbonyl (C=O) groups is 3. The Morgan fingerprint density at radius 2 is 2.09 bits per heavy atom. The fourth-order valence-corrected chi connectivity index (χ4v) is 3.00. The molecule has 1 aromatic rings. The molecule has 0 bridgehead atoms. The summed E-state index contributed by atoms with van der Waals surface area (Å²) in [6.07, 6.45) is 1.46. The maximum Gasteiger partial charge on any atom is 0.326 e. The van der Waals surface area contributed by atoms with E-state index in [1.165, 1.54) is 30.0 Å². The monoisotopic (exact) mass is 320 g/mol. The lowest BCUT2D eigenvalue weighted by molar-refractivity contribution is -0.151. The minimum atomic E-state index is -1.08. The van der Waals surface area contributed by atoms with E-state index in [1.54, 1.807) is 0 Å². The number of anilines is 1. The van der Waals surface area contributed by atoms with Crippen LogP contribution in [0.2, 0.25) is 0 Å². The van der Waals surface area contributed by atoms with Crippen molar-refractivity contribution in [2.75, 3.05) is 5.32 Å². The molecule has 3 rings (SSSR count). The first kappa shape index (κ1) is 15.5. The number of nitrogens with one attached hydrogen (secondary N) is 1. The van der Waals surface area contributed by atoms with Crippen molar-refractivity contribution < 1.29 is 23.9 Å². The van der Waals surface area contributed by atoms with Crippen LogP contribution in [0.5, 0.6) is 0 Å². The average molecular weight is 320 g/mol. The second kappa shape index (κ2) is 5.64. The van der Waals surface area contributed by atoms with Crippen LogP contribution in [0.4, 0.5) is 10.1 Å². The van der Waals surface area contributed by atoms with Gasteiger partial charge in [0.1, 0.15) is 11.9 Å². The quantitative estimate of drug-likeness (QED) is 0.884. The highest BCUT2D eigenvalue weighted by Gasteiger charge is 2.43.